The number of nitrogens with zero attached hydrogens (tertiary/aromatic N) is 2. The molecule has 20 heavy (non-hydrogen) atoms. The number of aromatic nitrogens is 2. The fourth-order valence-corrected chi connectivity index (χ4v) is 3.34. The highest BCUT2D eigenvalue weighted by atomic mass is 16.1. The van der Waals surface area contributed by atoms with E-state index in [4.69, 9.17) is 0 Å². The molecule has 0 spiro atoms. The Labute approximate surface area is 118 Å². The van der Waals surface area contributed by atoms with Crippen LogP contribution >= 0.6 is 0 Å². The Morgan fingerprint density at radius 2 is 2.35 bits per heavy atom. The lowest BCUT2D eigenvalue weighted by atomic mass is 9.49. The maximum absolute atomic E-state index is 11.3. The molecule has 0 unspecified atom stereocenters. The van der Waals surface area contributed by atoms with Gasteiger partial charge in [0.2, 0.25) is 5.95 Å². The summed E-state index contributed by atoms with van der Waals surface area (Å²) in [4.78, 5) is 18.1. The van der Waals surface area contributed by atoms with Crippen LogP contribution in [0.2, 0.25) is 0 Å². The van der Waals surface area contributed by atoms with E-state index in [1.54, 1.807) is 6.92 Å². The van der Waals surface area contributed by atoms with E-state index in [-0.39, 0.29) is 5.56 Å². The number of aromatic amines is 1. The lowest BCUT2D eigenvalue weighted by Crippen LogP contribution is -2.48. The van der Waals surface area contributed by atoms with Crippen LogP contribution in [-0.2, 0) is 0 Å². The van der Waals surface area contributed by atoms with Gasteiger partial charge in [-0.05, 0) is 42.6 Å². The predicted molar refractivity (Wildman–Crippen MR) is 79.8 cm³/mol. The predicted octanol–water partition coefficient (Wildman–Crippen LogP) is 2.47. The average molecular weight is 272 g/mol. The second-order valence-corrected chi connectivity index (χ2v) is 6.35. The fraction of sp³-hybridized carbons (Fsp3) is 0.533. The SMILES string of the molecule is Cc1cc(=O)[nH]c(N/N=C/C2=CC[C@H]3C[C@H]2C3(C)C)n1. The molecule has 0 radical (unpaired) electrons. The maximum atomic E-state index is 11.3. The first kappa shape index (κ1) is 13.1. The van der Waals surface area contributed by atoms with Crippen molar-refractivity contribution in [3.8, 4) is 0 Å². The van der Waals surface area contributed by atoms with Crippen molar-refractivity contribution in [2.45, 2.75) is 33.6 Å². The zero-order valence-electron chi connectivity index (χ0n) is 12.1. The molecule has 1 aromatic rings. The Morgan fingerprint density at radius 3 is 3.00 bits per heavy atom. The molecule has 4 rings (SSSR count). The molecule has 1 saturated carbocycles. The van der Waals surface area contributed by atoms with Crippen LogP contribution in [0.4, 0.5) is 5.95 Å². The van der Waals surface area contributed by atoms with Crippen LogP contribution in [0.3, 0.4) is 0 Å². The number of nitrogens with one attached hydrogen (secondary N) is 2. The van der Waals surface area contributed by atoms with Crippen molar-refractivity contribution < 1.29 is 0 Å². The molecule has 5 nitrogen and oxygen atoms in total. The van der Waals surface area contributed by atoms with Crippen LogP contribution in [0.25, 0.3) is 0 Å². The van der Waals surface area contributed by atoms with Crippen LogP contribution in [0.5, 0.6) is 0 Å². The highest BCUT2D eigenvalue weighted by molar-refractivity contribution is 5.81. The number of H-pyrrole nitrogens is 1. The summed E-state index contributed by atoms with van der Waals surface area (Å²) in [6.45, 7) is 6.45. The third kappa shape index (κ3) is 2.17. The summed E-state index contributed by atoms with van der Waals surface area (Å²) < 4.78 is 0. The maximum Gasteiger partial charge on any atom is 0.252 e. The molecule has 0 saturated heterocycles. The van der Waals surface area contributed by atoms with Gasteiger partial charge >= 0.3 is 0 Å². The van der Waals surface area contributed by atoms with Gasteiger partial charge in [0.1, 0.15) is 0 Å². The Hall–Kier alpha value is -1.91. The molecule has 5 heteroatoms. The number of hydrazone groups is 1. The van der Waals surface area contributed by atoms with Gasteiger partial charge in [-0.3, -0.25) is 9.78 Å². The summed E-state index contributed by atoms with van der Waals surface area (Å²) >= 11 is 0. The molecule has 0 aliphatic heterocycles. The van der Waals surface area contributed by atoms with Crippen molar-refractivity contribution >= 4 is 12.2 Å². The Kier molecular flexibility index (Phi) is 3.00. The molecular weight excluding hydrogens is 252 g/mol. The van der Waals surface area contributed by atoms with E-state index in [2.05, 4.69) is 40.4 Å². The van der Waals surface area contributed by atoms with Crippen molar-refractivity contribution in [2.75, 3.05) is 5.43 Å². The molecule has 1 fully saturated rings. The minimum Gasteiger partial charge on any atom is -0.291 e. The quantitative estimate of drug-likeness (QED) is 0.656. The zero-order chi connectivity index (χ0) is 14.3. The lowest BCUT2D eigenvalue weighted by Gasteiger charge is -2.55. The van der Waals surface area contributed by atoms with E-state index >= 15 is 0 Å². The van der Waals surface area contributed by atoms with Gasteiger partial charge in [0, 0.05) is 11.8 Å². The van der Waals surface area contributed by atoms with Gasteiger partial charge in [-0.1, -0.05) is 19.9 Å². The first-order chi connectivity index (χ1) is 9.46. The van der Waals surface area contributed by atoms with Crippen LogP contribution in [0, 0.1) is 24.2 Å². The lowest BCUT2D eigenvalue weighted by molar-refractivity contribution is -0.00124. The molecule has 3 aliphatic carbocycles. The topological polar surface area (TPSA) is 70.1 Å². The van der Waals surface area contributed by atoms with Gasteiger partial charge < -0.3 is 0 Å². The first-order valence-electron chi connectivity index (χ1n) is 7.04. The molecule has 106 valence electrons. The second kappa shape index (κ2) is 4.58. The third-order valence-corrected chi connectivity index (χ3v) is 4.76. The second-order valence-electron chi connectivity index (χ2n) is 6.35. The van der Waals surface area contributed by atoms with Crippen molar-refractivity contribution in [3.05, 3.63) is 33.8 Å². The van der Waals surface area contributed by atoms with Crippen LogP contribution in [0.1, 0.15) is 32.4 Å². The highest BCUT2D eigenvalue weighted by Crippen LogP contribution is 2.58. The average Bonchev–Trinajstić information content (AvgIpc) is 2.37. The summed E-state index contributed by atoms with van der Waals surface area (Å²) in [7, 11) is 0. The number of fused-ring (bicyclic) bond motifs is 1. The summed E-state index contributed by atoms with van der Waals surface area (Å²) in [6.07, 6.45) is 6.56. The van der Waals surface area contributed by atoms with Gasteiger partial charge in [-0.2, -0.15) is 5.10 Å². The molecule has 0 aromatic carbocycles. The monoisotopic (exact) mass is 272 g/mol. The summed E-state index contributed by atoms with van der Waals surface area (Å²) in [6, 6.07) is 1.45. The first-order valence-corrected chi connectivity index (χ1v) is 7.04. The Bertz CT molecular complexity index is 642. The number of rotatable bonds is 3. The fourth-order valence-electron chi connectivity index (χ4n) is 3.34. The molecular formula is C15H20N4O. The molecule has 2 N–H and O–H groups in total. The van der Waals surface area contributed by atoms with Crippen molar-refractivity contribution in [3.63, 3.8) is 0 Å². The molecule has 1 aromatic heterocycles. The van der Waals surface area contributed by atoms with E-state index in [9.17, 15) is 4.79 Å². The molecule has 0 amide bonds. The van der Waals surface area contributed by atoms with Crippen molar-refractivity contribution in [2.24, 2.45) is 22.4 Å². The largest absolute Gasteiger partial charge is 0.291 e. The van der Waals surface area contributed by atoms with Gasteiger partial charge in [0.25, 0.3) is 5.56 Å². The van der Waals surface area contributed by atoms with Gasteiger partial charge in [0.15, 0.2) is 0 Å². The van der Waals surface area contributed by atoms with Gasteiger partial charge in [-0.25, -0.2) is 10.4 Å². The standard InChI is InChI=1S/C15H20N4O/c1-9-6-13(20)18-14(17-9)19-16-8-10-4-5-11-7-12(10)15(11,2)3/h4,6,8,11-12H,5,7H2,1-3H3,(H2,17,18,19,20)/b16-8+/t11-,12+/m0/s1. The Balaban J connectivity index is 1.69. The minimum absolute atomic E-state index is 0.171. The normalized spacial score (nSPS) is 27.1. The van der Waals surface area contributed by atoms with E-state index in [0.717, 1.165) is 12.3 Å². The Morgan fingerprint density at radius 1 is 1.55 bits per heavy atom. The summed E-state index contributed by atoms with van der Waals surface area (Å²) in [5, 5.41) is 4.21. The van der Waals surface area contributed by atoms with E-state index in [1.165, 1.54) is 18.1 Å². The number of hydrogen-bond acceptors (Lipinski definition) is 4. The van der Waals surface area contributed by atoms with Crippen LogP contribution in [0.15, 0.2) is 27.6 Å². The molecule has 2 atom stereocenters. The minimum atomic E-state index is -0.171. The summed E-state index contributed by atoms with van der Waals surface area (Å²) in [5.41, 5.74) is 4.99. The van der Waals surface area contributed by atoms with Crippen LogP contribution < -0.4 is 11.0 Å². The van der Waals surface area contributed by atoms with Crippen molar-refractivity contribution in [1.82, 2.24) is 9.97 Å². The number of hydrogen-bond donors (Lipinski definition) is 2. The van der Waals surface area contributed by atoms with E-state index in [1.807, 2.05) is 6.21 Å². The molecule has 2 bridgehead atoms. The van der Waals surface area contributed by atoms with Gasteiger partial charge in [-0.15, -0.1) is 0 Å². The van der Waals surface area contributed by atoms with E-state index in [0.29, 0.717) is 23.0 Å². The smallest absolute Gasteiger partial charge is 0.252 e. The number of aryl methyl sites for hydroxylation is 1. The molecule has 3 aliphatic rings. The highest BCUT2D eigenvalue weighted by Gasteiger charge is 2.50. The van der Waals surface area contributed by atoms with E-state index < -0.39 is 0 Å². The molecule has 1 heterocycles. The third-order valence-electron chi connectivity index (χ3n) is 4.76. The number of anilines is 1. The zero-order valence-corrected chi connectivity index (χ0v) is 12.1. The van der Waals surface area contributed by atoms with Gasteiger partial charge in [0.05, 0.1) is 6.21 Å². The number of allylic oxidation sites excluding steroid dienone is 2. The van der Waals surface area contributed by atoms with Crippen molar-refractivity contribution in [1.29, 1.82) is 0 Å². The summed E-state index contributed by atoms with van der Waals surface area (Å²) in [5.74, 6) is 1.82. The van der Waals surface area contributed by atoms with Crippen LogP contribution in [-0.4, -0.2) is 16.2 Å².